The van der Waals surface area contributed by atoms with Gasteiger partial charge in [-0.1, -0.05) is 12.1 Å². The van der Waals surface area contributed by atoms with Gasteiger partial charge in [-0.15, -0.1) is 0 Å². The molecule has 0 saturated carbocycles. The van der Waals surface area contributed by atoms with Gasteiger partial charge in [0.1, 0.15) is 5.82 Å². The molecule has 0 bridgehead atoms. The highest BCUT2D eigenvalue weighted by molar-refractivity contribution is 9.10. The first-order chi connectivity index (χ1) is 13.0. The largest absolute Gasteiger partial charge is 0.503 e. The summed E-state index contributed by atoms with van der Waals surface area (Å²) in [7, 11) is 0. The molecule has 0 radical (unpaired) electrons. The molecule has 2 N–H and O–H groups in total. The number of H-pyrrole nitrogens is 1. The fraction of sp³-hybridized carbons (Fsp3) is 0.167. The molecule has 2 aromatic carbocycles. The Hall–Kier alpha value is -2.52. The van der Waals surface area contributed by atoms with Crippen LogP contribution < -0.4 is 4.74 Å². The van der Waals surface area contributed by atoms with Gasteiger partial charge < -0.3 is 9.84 Å². The molecule has 3 aromatic rings. The van der Waals surface area contributed by atoms with E-state index in [2.05, 4.69) is 31.2 Å². The van der Waals surface area contributed by atoms with Crippen molar-refractivity contribution in [3.63, 3.8) is 0 Å². The van der Waals surface area contributed by atoms with E-state index in [-0.39, 0.29) is 11.6 Å². The minimum Gasteiger partial charge on any atom is -0.503 e. The zero-order valence-corrected chi connectivity index (χ0v) is 16.7. The second kappa shape index (κ2) is 8.45. The summed E-state index contributed by atoms with van der Waals surface area (Å²) in [6.07, 6.45) is 2.03. The van der Waals surface area contributed by atoms with Gasteiger partial charge >= 0.3 is 0 Å². The van der Waals surface area contributed by atoms with Crippen LogP contribution in [0.5, 0.6) is 11.5 Å². The van der Waals surface area contributed by atoms with Crippen molar-refractivity contribution in [1.29, 1.82) is 0 Å². The first kappa shape index (κ1) is 19.2. The third-order valence-electron chi connectivity index (χ3n) is 3.67. The lowest BCUT2D eigenvalue weighted by Gasteiger charge is -2.08. The van der Waals surface area contributed by atoms with Gasteiger partial charge in [0, 0.05) is 6.42 Å². The number of nitrogens with one attached hydrogen (secondary N) is 1. The minimum atomic E-state index is -0.293. The van der Waals surface area contributed by atoms with E-state index in [0.29, 0.717) is 39.4 Å². The molecule has 0 spiro atoms. The summed E-state index contributed by atoms with van der Waals surface area (Å²) < 4.78 is 20.8. The Balaban J connectivity index is 1.89. The van der Waals surface area contributed by atoms with E-state index in [0.717, 1.165) is 5.56 Å². The Morgan fingerprint density at radius 1 is 1.37 bits per heavy atom. The van der Waals surface area contributed by atoms with Gasteiger partial charge in [0.05, 0.1) is 17.3 Å². The van der Waals surface area contributed by atoms with Gasteiger partial charge in [-0.25, -0.2) is 4.39 Å². The number of ether oxygens (including phenoxy) is 1. The number of hydrogen-bond donors (Lipinski definition) is 2. The summed E-state index contributed by atoms with van der Waals surface area (Å²) in [5, 5.41) is 21.3. The molecule has 0 fully saturated rings. The topological polar surface area (TPSA) is 75.4 Å². The van der Waals surface area contributed by atoms with Crippen LogP contribution in [0.3, 0.4) is 0 Å². The quantitative estimate of drug-likeness (QED) is 0.430. The SMILES string of the molecule is CCOc1cc(/C=N\n2c(Cc3ccc(F)cc3)n[nH]c2=S)cc(Br)c1O. The predicted octanol–water partition coefficient (Wildman–Crippen LogP) is 4.42. The molecule has 0 aliphatic heterocycles. The number of phenols is 1. The van der Waals surface area contributed by atoms with Crippen LogP contribution in [0.1, 0.15) is 23.9 Å². The number of aromatic amines is 1. The monoisotopic (exact) mass is 450 g/mol. The van der Waals surface area contributed by atoms with Crippen LogP contribution in [-0.2, 0) is 6.42 Å². The van der Waals surface area contributed by atoms with E-state index >= 15 is 0 Å². The maximum atomic E-state index is 13.1. The highest BCUT2D eigenvalue weighted by Gasteiger charge is 2.10. The molecule has 27 heavy (non-hydrogen) atoms. The molecule has 0 aliphatic rings. The molecular formula is C18H16BrFN4O2S. The lowest BCUT2D eigenvalue weighted by atomic mass is 10.1. The molecule has 0 aliphatic carbocycles. The molecule has 0 amide bonds. The van der Waals surface area contributed by atoms with Crippen molar-refractivity contribution in [2.75, 3.05) is 6.61 Å². The molecule has 0 atom stereocenters. The van der Waals surface area contributed by atoms with Crippen molar-refractivity contribution >= 4 is 34.4 Å². The average molecular weight is 451 g/mol. The fourth-order valence-electron chi connectivity index (χ4n) is 2.40. The number of aromatic hydroxyl groups is 1. The van der Waals surface area contributed by atoms with E-state index in [1.807, 2.05) is 6.92 Å². The Morgan fingerprint density at radius 2 is 2.11 bits per heavy atom. The third-order valence-corrected chi connectivity index (χ3v) is 4.53. The van der Waals surface area contributed by atoms with Crippen LogP contribution in [-0.4, -0.2) is 32.8 Å². The number of rotatable bonds is 6. The highest BCUT2D eigenvalue weighted by atomic mass is 79.9. The maximum absolute atomic E-state index is 13.1. The minimum absolute atomic E-state index is 0.0333. The van der Waals surface area contributed by atoms with Gasteiger partial charge in [-0.05, 0) is 70.5 Å². The third kappa shape index (κ3) is 4.61. The zero-order valence-electron chi connectivity index (χ0n) is 14.3. The molecule has 0 saturated heterocycles. The Morgan fingerprint density at radius 3 is 2.81 bits per heavy atom. The molecule has 0 unspecified atom stereocenters. The summed E-state index contributed by atoms with van der Waals surface area (Å²) in [6.45, 7) is 2.26. The van der Waals surface area contributed by atoms with Crippen LogP contribution in [0.4, 0.5) is 4.39 Å². The molecule has 6 nitrogen and oxygen atoms in total. The van der Waals surface area contributed by atoms with E-state index in [1.165, 1.54) is 16.8 Å². The van der Waals surface area contributed by atoms with E-state index in [1.54, 1.807) is 30.5 Å². The second-order valence-corrected chi connectivity index (χ2v) is 6.83. The van der Waals surface area contributed by atoms with E-state index in [9.17, 15) is 9.50 Å². The molecule has 3 rings (SSSR count). The van der Waals surface area contributed by atoms with Crippen molar-refractivity contribution in [2.45, 2.75) is 13.3 Å². The zero-order chi connectivity index (χ0) is 19.4. The first-order valence-corrected chi connectivity index (χ1v) is 9.28. The van der Waals surface area contributed by atoms with Crippen LogP contribution in [0.25, 0.3) is 0 Å². The number of benzene rings is 2. The van der Waals surface area contributed by atoms with E-state index < -0.39 is 0 Å². The fourth-order valence-corrected chi connectivity index (χ4v) is 3.06. The lowest BCUT2D eigenvalue weighted by molar-refractivity contribution is 0.317. The Kier molecular flexibility index (Phi) is 6.02. The van der Waals surface area contributed by atoms with Crippen LogP contribution in [0.2, 0.25) is 0 Å². The van der Waals surface area contributed by atoms with Crippen molar-refractivity contribution in [2.24, 2.45) is 5.10 Å². The molecule has 140 valence electrons. The predicted molar refractivity (Wildman–Crippen MR) is 107 cm³/mol. The number of hydrogen-bond acceptors (Lipinski definition) is 5. The average Bonchev–Trinajstić information content (AvgIpc) is 2.99. The van der Waals surface area contributed by atoms with Crippen molar-refractivity contribution in [3.05, 3.63) is 68.4 Å². The van der Waals surface area contributed by atoms with Crippen molar-refractivity contribution < 1.29 is 14.2 Å². The standard InChI is InChI=1S/C18H16BrFN4O2S/c1-2-26-15-8-12(7-14(19)17(15)25)10-21-24-16(22-23-18(24)27)9-11-3-5-13(20)6-4-11/h3-8,10,25H,2,9H2,1H3,(H,23,27)/b21-10-. The van der Waals surface area contributed by atoms with Crippen LogP contribution >= 0.6 is 28.1 Å². The molecule has 1 heterocycles. The van der Waals surface area contributed by atoms with Crippen molar-refractivity contribution in [1.82, 2.24) is 14.9 Å². The number of aromatic nitrogens is 3. The smallest absolute Gasteiger partial charge is 0.216 e. The first-order valence-electron chi connectivity index (χ1n) is 8.08. The molecule has 1 aromatic heterocycles. The summed E-state index contributed by atoms with van der Waals surface area (Å²) in [5.74, 6) is 0.686. The van der Waals surface area contributed by atoms with Crippen LogP contribution in [0, 0.1) is 10.6 Å². The van der Waals surface area contributed by atoms with Gasteiger partial charge in [-0.3, -0.25) is 5.10 Å². The van der Waals surface area contributed by atoms with Gasteiger partial charge in [0.25, 0.3) is 0 Å². The summed E-state index contributed by atoms with van der Waals surface area (Å²) in [6, 6.07) is 9.56. The van der Waals surface area contributed by atoms with E-state index in [4.69, 9.17) is 17.0 Å². The highest BCUT2D eigenvalue weighted by Crippen LogP contribution is 2.35. The van der Waals surface area contributed by atoms with Gasteiger partial charge in [0.15, 0.2) is 17.3 Å². The number of phenolic OH excluding ortho intramolecular Hbond substituents is 1. The second-order valence-electron chi connectivity index (χ2n) is 5.59. The normalized spacial score (nSPS) is 11.2. The van der Waals surface area contributed by atoms with Crippen molar-refractivity contribution in [3.8, 4) is 11.5 Å². The summed E-state index contributed by atoms with van der Waals surface area (Å²) in [4.78, 5) is 0. The summed E-state index contributed by atoms with van der Waals surface area (Å²) >= 11 is 8.53. The molecular weight excluding hydrogens is 435 g/mol. The number of nitrogens with zero attached hydrogens (tertiary/aromatic N) is 3. The van der Waals surface area contributed by atoms with Gasteiger partial charge in [-0.2, -0.15) is 14.9 Å². The Labute approximate surface area is 168 Å². The molecule has 9 heteroatoms. The lowest BCUT2D eigenvalue weighted by Crippen LogP contribution is -2.01. The van der Waals surface area contributed by atoms with Crippen LogP contribution in [0.15, 0.2) is 46.0 Å². The number of halogens is 2. The van der Waals surface area contributed by atoms with Gasteiger partial charge in [0.2, 0.25) is 4.77 Å². The Bertz CT molecular complexity index is 1030. The maximum Gasteiger partial charge on any atom is 0.216 e. The summed E-state index contributed by atoms with van der Waals surface area (Å²) in [5.41, 5.74) is 1.59.